The average molecular weight is 331 g/mol. The molecule has 0 radical (unpaired) electrons. The zero-order valence-corrected chi connectivity index (χ0v) is 13.7. The van der Waals surface area contributed by atoms with E-state index in [1.54, 1.807) is 30.3 Å². The second kappa shape index (κ2) is 9.03. The summed E-state index contributed by atoms with van der Waals surface area (Å²) in [5.74, 6) is 0.158. The molecule has 2 aromatic carbocycles. The minimum atomic E-state index is -0.349. The number of aliphatic hydroxyl groups excluding tert-OH is 1. The van der Waals surface area contributed by atoms with E-state index in [1.165, 1.54) is 12.1 Å². The molecule has 0 spiro atoms. The Morgan fingerprint density at radius 2 is 2.04 bits per heavy atom. The third kappa shape index (κ3) is 5.66. The van der Waals surface area contributed by atoms with Crippen LogP contribution in [0.1, 0.15) is 29.3 Å². The van der Waals surface area contributed by atoms with Gasteiger partial charge in [0.15, 0.2) is 0 Å². The molecular formula is C19H22FNO3. The molecule has 0 aliphatic rings. The van der Waals surface area contributed by atoms with Crippen molar-refractivity contribution >= 4 is 5.91 Å². The van der Waals surface area contributed by atoms with Crippen molar-refractivity contribution in [3.8, 4) is 5.75 Å². The summed E-state index contributed by atoms with van der Waals surface area (Å²) in [6.07, 6.45) is 0.655. The molecule has 5 heteroatoms. The number of carbonyl (C=O) groups excluding carboxylic acids is 1. The highest BCUT2D eigenvalue weighted by molar-refractivity contribution is 5.94. The van der Waals surface area contributed by atoms with Gasteiger partial charge in [-0.15, -0.1) is 0 Å². The van der Waals surface area contributed by atoms with Crippen LogP contribution in [0.15, 0.2) is 48.5 Å². The monoisotopic (exact) mass is 331 g/mol. The summed E-state index contributed by atoms with van der Waals surface area (Å²) in [6, 6.07) is 13.1. The van der Waals surface area contributed by atoms with E-state index in [2.05, 4.69) is 5.32 Å². The highest BCUT2D eigenvalue weighted by atomic mass is 19.1. The molecule has 0 aromatic heterocycles. The van der Waals surface area contributed by atoms with E-state index in [1.807, 2.05) is 13.0 Å². The number of benzene rings is 2. The lowest BCUT2D eigenvalue weighted by molar-refractivity contribution is 0.0945. The Balaban J connectivity index is 1.92. The summed E-state index contributed by atoms with van der Waals surface area (Å²) in [5, 5.41) is 11.7. The highest BCUT2D eigenvalue weighted by Crippen LogP contribution is 2.15. The molecule has 0 bridgehead atoms. The van der Waals surface area contributed by atoms with E-state index in [0.29, 0.717) is 24.3 Å². The fourth-order valence-corrected chi connectivity index (χ4v) is 2.22. The van der Waals surface area contributed by atoms with Crippen LogP contribution < -0.4 is 10.1 Å². The Morgan fingerprint density at radius 3 is 2.79 bits per heavy atom. The SMILES string of the molecule is CC(CCO)CNC(=O)c1cccc(COc2cccc(F)c2)c1. The Hall–Kier alpha value is -2.40. The molecule has 0 aliphatic carbocycles. The van der Waals surface area contributed by atoms with Crippen LogP contribution in [0.2, 0.25) is 0 Å². The molecule has 0 fully saturated rings. The van der Waals surface area contributed by atoms with E-state index in [9.17, 15) is 9.18 Å². The smallest absolute Gasteiger partial charge is 0.251 e. The number of hydrogen-bond donors (Lipinski definition) is 2. The highest BCUT2D eigenvalue weighted by Gasteiger charge is 2.08. The van der Waals surface area contributed by atoms with Crippen molar-refractivity contribution in [2.45, 2.75) is 20.0 Å². The van der Waals surface area contributed by atoms with Gasteiger partial charge < -0.3 is 15.2 Å². The van der Waals surface area contributed by atoms with Crippen molar-refractivity contribution in [3.05, 3.63) is 65.5 Å². The third-order valence-electron chi connectivity index (χ3n) is 3.62. The van der Waals surface area contributed by atoms with Crippen LogP contribution in [0.4, 0.5) is 4.39 Å². The maximum absolute atomic E-state index is 13.1. The van der Waals surface area contributed by atoms with Gasteiger partial charge in [-0.25, -0.2) is 4.39 Å². The number of amides is 1. The topological polar surface area (TPSA) is 58.6 Å². The first-order valence-corrected chi connectivity index (χ1v) is 7.95. The zero-order chi connectivity index (χ0) is 17.4. The van der Waals surface area contributed by atoms with E-state index in [4.69, 9.17) is 9.84 Å². The largest absolute Gasteiger partial charge is 0.489 e. The van der Waals surface area contributed by atoms with Gasteiger partial charge in [-0.2, -0.15) is 0 Å². The molecule has 4 nitrogen and oxygen atoms in total. The quantitative estimate of drug-likeness (QED) is 0.781. The number of rotatable bonds is 8. The molecule has 1 amide bonds. The molecule has 2 rings (SSSR count). The van der Waals surface area contributed by atoms with Gasteiger partial charge in [0.25, 0.3) is 5.91 Å². The van der Waals surface area contributed by atoms with Crippen molar-refractivity contribution in [2.75, 3.05) is 13.2 Å². The molecule has 24 heavy (non-hydrogen) atoms. The number of hydrogen-bond acceptors (Lipinski definition) is 3. The molecular weight excluding hydrogens is 309 g/mol. The fraction of sp³-hybridized carbons (Fsp3) is 0.316. The van der Waals surface area contributed by atoms with Crippen LogP contribution in [0.25, 0.3) is 0 Å². The summed E-state index contributed by atoms with van der Waals surface area (Å²) in [5.41, 5.74) is 1.38. The molecule has 0 heterocycles. The standard InChI is InChI=1S/C19H22FNO3/c1-14(8-9-22)12-21-19(23)16-5-2-4-15(10-16)13-24-18-7-3-6-17(20)11-18/h2-7,10-11,14,22H,8-9,12-13H2,1H3,(H,21,23). The van der Waals surface area contributed by atoms with Crippen molar-refractivity contribution in [1.82, 2.24) is 5.32 Å². The molecule has 2 aromatic rings. The lowest BCUT2D eigenvalue weighted by Crippen LogP contribution is -2.28. The van der Waals surface area contributed by atoms with E-state index >= 15 is 0 Å². The zero-order valence-electron chi connectivity index (χ0n) is 13.7. The number of ether oxygens (including phenoxy) is 1. The third-order valence-corrected chi connectivity index (χ3v) is 3.62. The van der Waals surface area contributed by atoms with Crippen LogP contribution >= 0.6 is 0 Å². The molecule has 1 atom stereocenters. The second-order valence-corrected chi connectivity index (χ2v) is 5.77. The lowest BCUT2D eigenvalue weighted by atomic mass is 10.1. The first-order chi connectivity index (χ1) is 11.6. The van der Waals surface area contributed by atoms with Crippen LogP contribution in [-0.4, -0.2) is 24.2 Å². The van der Waals surface area contributed by atoms with E-state index < -0.39 is 0 Å². The molecule has 128 valence electrons. The van der Waals surface area contributed by atoms with Gasteiger partial charge in [-0.1, -0.05) is 25.1 Å². The van der Waals surface area contributed by atoms with E-state index in [-0.39, 0.29) is 30.9 Å². The van der Waals surface area contributed by atoms with Crippen molar-refractivity contribution < 1.29 is 19.0 Å². The van der Waals surface area contributed by atoms with Crippen molar-refractivity contribution in [3.63, 3.8) is 0 Å². The number of carbonyl (C=O) groups is 1. The number of halogens is 1. The summed E-state index contributed by atoms with van der Waals surface area (Å²) in [7, 11) is 0. The first-order valence-electron chi connectivity index (χ1n) is 7.95. The van der Waals surface area contributed by atoms with Gasteiger partial charge in [-0.3, -0.25) is 4.79 Å². The van der Waals surface area contributed by atoms with Gasteiger partial charge >= 0.3 is 0 Å². The molecule has 0 saturated heterocycles. The van der Waals surface area contributed by atoms with Gasteiger partial charge in [0.2, 0.25) is 0 Å². The maximum Gasteiger partial charge on any atom is 0.251 e. The van der Waals surface area contributed by atoms with Crippen molar-refractivity contribution in [2.24, 2.45) is 5.92 Å². The fourth-order valence-electron chi connectivity index (χ4n) is 2.22. The minimum Gasteiger partial charge on any atom is -0.489 e. The number of nitrogens with one attached hydrogen (secondary N) is 1. The number of aliphatic hydroxyl groups is 1. The van der Waals surface area contributed by atoms with Crippen LogP contribution in [0.5, 0.6) is 5.75 Å². The summed E-state index contributed by atoms with van der Waals surface area (Å²) in [4.78, 5) is 12.2. The maximum atomic E-state index is 13.1. The van der Waals surface area contributed by atoms with Gasteiger partial charge in [-0.05, 0) is 42.2 Å². The molecule has 0 aliphatic heterocycles. The summed E-state index contributed by atoms with van der Waals surface area (Å²) < 4.78 is 18.7. The summed E-state index contributed by atoms with van der Waals surface area (Å²) >= 11 is 0. The van der Waals surface area contributed by atoms with Gasteiger partial charge in [0, 0.05) is 24.8 Å². The Bertz CT molecular complexity index is 675. The van der Waals surface area contributed by atoms with E-state index in [0.717, 1.165) is 5.56 Å². The molecule has 2 N–H and O–H groups in total. The van der Waals surface area contributed by atoms with Crippen LogP contribution in [-0.2, 0) is 6.61 Å². The molecule has 0 saturated carbocycles. The summed E-state index contributed by atoms with van der Waals surface area (Å²) in [6.45, 7) is 2.86. The first kappa shape index (κ1) is 17.9. The predicted octanol–water partition coefficient (Wildman–Crippen LogP) is 3.15. The van der Waals surface area contributed by atoms with Crippen molar-refractivity contribution in [1.29, 1.82) is 0 Å². The second-order valence-electron chi connectivity index (χ2n) is 5.77. The van der Waals surface area contributed by atoms with Crippen LogP contribution in [0.3, 0.4) is 0 Å². The minimum absolute atomic E-state index is 0.115. The Labute approximate surface area is 141 Å². The Kier molecular flexibility index (Phi) is 6.75. The Morgan fingerprint density at radius 1 is 1.25 bits per heavy atom. The van der Waals surface area contributed by atoms with Gasteiger partial charge in [0.05, 0.1) is 0 Å². The average Bonchev–Trinajstić information content (AvgIpc) is 2.58. The predicted molar refractivity (Wildman–Crippen MR) is 90.4 cm³/mol. The lowest BCUT2D eigenvalue weighted by Gasteiger charge is -2.12. The normalized spacial score (nSPS) is 11.8. The van der Waals surface area contributed by atoms with Crippen LogP contribution in [0, 0.1) is 11.7 Å². The van der Waals surface area contributed by atoms with Gasteiger partial charge in [0.1, 0.15) is 18.2 Å². The molecule has 1 unspecified atom stereocenters.